The summed E-state index contributed by atoms with van der Waals surface area (Å²) in [5.41, 5.74) is 5.69. The van der Waals surface area contributed by atoms with Crippen molar-refractivity contribution >= 4 is 0 Å². The molecule has 0 amide bonds. The number of hydrogen-bond acceptors (Lipinski definition) is 2. The van der Waals surface area contributed by atoms with Gasteiger partial charge in [-0.05, 0) is 70.1 Å². The van der Waals surface area contributed by atoms with Crippen LogP contribution in [0.1, 0.15) is 58.8 Å². The van der Waals surface area contributed by atoms with E-state index in [0.717, 1.165) is 18.4 Å². The third kappa shape index (κ3) is 6.42. The fraction of sp³-hybridized carbons (Fsp3) is 1.00. The molecule has 1 aliphatic heterocycles. The van der Waals surface area contributed by atoms with Crippen LogP contribution in [0.2, 0.25) is 0 Å². The van der Waals surface area contributed by atoms with Gasteiger partial charge in [-0.1, -0.05) is 26.7 Å². The van der Waals surface area contributed by atoms with Crippen molar-refractivity contribution in [2.75, 3.05) is 26.2 Å². The number of rotatable bonds is 7. The Morgan fingerprint density at radius 2 is 1.65 bits per heavy atom. The second-order valence-corrected chi connectivity index (χ2v) is 5.98. The molecule has 2 nitrogen and oxygen atoms in total. The van der Waals surface area contributed by atoms with Crippen molar-refractivity contribution in [2.45, 2.75) is 58.8 Å². The van der Waals surface area contributed by atoms with Crippen LogP contribution in [0.5, 0.6) is 0 Å². The normalized spacial score (nSPS) is 20.5. The molecule has 0 aromatic rings. The minimum Gasteiger partial charge on any atom is -0.330 e. The molecule has 1 rings (SSSR count). The predicted octanol–water partition coefficient (Wildman–Crippen LogP) is 3.26. The Labute approximate surface area is 108 Å². The summed E-state index contributed by atoms with van der Waals surface area (Å²) < 4.78 is 0. The minimum absolute atomic E-state index is 0.794. The summed E-state index contributed by atoms with van der Waals surface area (Å²) in [6, 6.07) is 0. The van der Waals surface area contributed by atoms with Crippen molar-refractivity contribution in [1.29, 1.82) is 0 Å². The second kappa shape index (κ2) is 8.93. The molecule has 102 valence electrons. The monoisotopic (exact) mass is 240 g/mol. The smallest absolute Gasteiger partial charge is 0.00186 e. The fourth-order valence-electron chi connectivity index (χ4n) is 2.96. The molecule has 1 saturated heterocycles. The van der Waals surface area contributed by atoms with E-state index in [2.05, 4.69) is 18.7 Å². The summed E-state index contributed by atoms with van der Waals surface area (Å²) in [6.07, 6.45) is 9.65. The van der Waals surface area contributed by atoms with E-state index in [4.69, 9.17) is 5.73 Å². The van der Waals surface area contributed by atoms with Gasteiger partial charge in [0.05, 0.1) is 0 Å². The highest BCUT2D eigenvalue weighted by Crippen LogP contribution is 2.21. The SMILES string of the molecule is CC(C)C(CCN)CCCN1CCCCCC1. The first-order valence-corrected chi connectivity index (χ1v) is 7.66. The lowest BCUT2D eigenvalue weighted by molar-refractivity contribution is 0.254. The van der Waals surface area contributed by atoms with Crippen LogP contribution in [0, 0.1) is 11.8 Å². The van der Waals surface area contributed by atoms with Gasteiger partial charge >= 0.3 is 0 Å². The van der Waals surface area contributed by atoms with E-state index in [1.54, 1.807) is 0 Å². The highest BCUT2D eigenvalue weighted by atomic mass is 15.1. The van der Waals surface area contributed by atoms with Gasteiger partial charge < -0.3 is 10.6 Å². The molecule has 1 fully saturated rings. The molecule has 0 radical (unpaired) electrons. The first-order chi connectivity index (χ1) is 8.24. The van der Waals surface area contributed by atoms with Crippen LogP contribution in [0.15, 0.2) is 0 Å². The molecule has 0 aliphatic carbocycles. The zero-order valence-corrected chi connectivity index (χ0v) is 12.0. The zero-order chi connectivity index (χ0) is 12.5. The molecule has 0 aromatic heterocycles. The Morgan fingerprint density at radius 3 is 2.18 bits per heavy atom. The van der Waals surface area contributed by atoms with Crippen LogP contribution >= 0.6 is 0 Å². The van der Waals surface area contributed by atoms with Crippen molar-refractivity contribution < 1.29 is 0 Å². The van der Waals surface area contributed by atoms with Gasteiger partial charge in [-0.2, -0.15) is 0 Å². The highest BCUT2D eigenvalue weighted by Gasteiger charge is 2.13. The van der Waals surface area contributed by atoms with Gasteiger partial charge in [-0.25, -0.2) is 0 Å². The number of nitrogens with two attached hydrogens (primary N) is 1. The zero-order valence-electron chi connectivity index (χ0n) is 12.0. The number of likely N-dealkylation sites (tertiary alicyclic amines) is 1. The summed E-state index contributed by atoms with van der Waals surface area (Å²) in [7, 11) is 0. The van der Waals surface area contributed by atoms with Crippen molar-refractivity contribution in [1.82, 2.24) is 4.90 Å². The molecule has 1 heterocycles. The van der Waals surface area contributed by atoms with E-state index >= 15 is 0 Å². The van der Waals surface area contributed by atoms with Gasteiger partial charge in [0, 0.05) is 0 Å². The minimum atomic E-state index is 0.794. The van der Waals surface area contributed by atoms with Crippen LogP contribution in [0.25, 0.3) is 0 Å². The van der Waals surface area contributed by atoms with Crippen molar-refractivity contribution in [3.63, 3.8) is 0 Å². The van der Waals surface area contributed by atoms with E-state index < -0.39 is 0 Å². The quantitative estimate of drug-likeness (QED) is 0.740. The Bertz CT molecular complexity index is 172. The largest absolute Gasteiger partial charge is 0.330 e. The number of nitrogens with zero attached hydrogens (tertiary/aromatic N) is 1. The van der Waals surface area contributed by atoms with Crippen LogP contribution in [0.4, 0.5) is 0 Å². The molecule has 0 bridgehead atoms. The van der Waals surface area contributed by atoms with Gasteiger partial charge in [0.1, 0.15) is 0 Å². The Kier molecular flexibility index (Phi) is 7.87. The summed E-state index contributed by atoms with van der Waals surface area (Å²) in [5, 5.41) is 0. The molecule has 0 spiro atoms. The van der Waals surface area contributed by atoms with E-state index in [0.29, 0.717) is 0 Å². The van der Waals surface area contributed by atoms with E-state index in [9.17, 15) is 0 Å². The molecule has 2 N–H and O–H groups in total. The average molecular weight is 240 g/mol. The standard InChI is InChI=1S/C15H32N2/c1-14(2)15(9-10-16)8-7-13-17-11-5-3-4-6-12-17/h14-15H,3-13,16H2,1-2H3. The molecule has 2 heteroatoms. The maximum atomic E-state index is 5.69. The fourth-order valence-corrected chi connectivity index (χ4v) is 2.96. The molecule has 1 atom stereocenters. The maximum absolute atomic E-state index is 5.69. The van der Waals surface area contributed by atoms with Crippen LogP contribution in [-0.2, 0) is 0 Å². The third-order valence-electron chi connectivity index (χ3n) is 4.23. The maximum Gasteiger partial charge on any atom is -0.00186 e. The summed E-state index contributed by atoms with van der Waals surface area (Å²) in [6.45, 7) is 9.52. The molecule has 0 saturated carbocycles. The highest BCUT2D eigenvalue weighted by molar-refractivity contribution is 4.67. The molecule has 17 heavy (non-hydrogen) atoms. The lowest BCUT2D eigenvalue weighted by Crippen LogP contribution is -2.26. The third-order valence-corrected chi connectivity index (χ3v) is 4.23. The summed E-state index contributed by atoms with van der Waals surface area (Å²) in [4.78, 5) is 2.67. The molecule has 0 aromatic carbocycles. The molecular formula is C15H32N2. The lowest BCUT2D eigenvalue weighted by atomic mass is 9.88. The van der Waals surface area contributed by atoms with E-state index in [1.165, 1.54) is 64.6 Å². The molecule has 1 aliphatic rings. The van der Waals surface area contributed by atoms with Gasteiger partial charge in [-0.15, -0.1) is 0 Å². The lowest BCUT2D eigenvalue weighted by Gasteiger charge is -2.23. The van der Waals surface area contributed by atoms with Crippen molar-refractivity contribution in [2.24, 2.45) is 17.6 Å². The van der Waals surface area contributed by atoms with E-state index in [1.807, 2.05) is 0 Å². The van der Waals surface area contributed by atoms with Gasteiger partial charge in [0.2, 0.25) is 0 Å². The van der Waals surface area contributed by atoms with Crippen LogP contribution in [0.3, 0.4) is 0 Å². The first kappa shape index (κ1) is 15.0. The molecule has 1 unspecified atom stereocenters. The van der Waals surface area contributed by atoms with Gasteiger partial charge in [-0.3, -0.25) is 0 Å². The van der Waals surface area contributed by atoms with E-state index in [-0.39, 0.29) is 0 Å². The Hall–Kier alpha value is -0.0800. The summed E-state index contributed by atoms with van der Waals surface area (Å²) >= 11 is 0. The summed E-state index contributed by atoms with van der Waals surface area (Å²) in [5.74, 6) is 1.63. The second-order valence-electron chi connectivity index (χ2n) is 5.98. The molecular weight excluding hydrogens is 208 g/mol. The van der Waals surface area contributed by atoms with Crippen molar-refractivity contribution in [3.05, 3.63) is 0 Å². The topological polar surface area (TPSA) is 29.3 Å². The predicted molar refractivity (Wildman–Crippen MR) is 76.1 cm³/mol. The van der Waals surface area contributed by atoms with Crippen LogP contribution < -0.4 is 5.73 Å². The Balaban J connectivity index is 2.15. The average Bonchev–Trinajstić information content (AvgIpc) is 2.56. The van der Waals surface area contributed by atoms with Crippen molar-refractivity contribution in [3.8, 4) is 0 Å². The first-order valence-electron chi connectivity index (χ1n) is 7.66. The van der Waals surface area contributed by atoms with Gasteiger partial charge in [0.25, 0.3) is 0 Å². The number of hydrogen-bond donors (Lipinski definition) is 1. The van der Waals surface area contributed by atoms with Gasteiger partial charge in [0.15, 0.2) is 0 Å². The van der Waals surface area contributed by atoms with Crippen LogP contribution in [-0.4, -0.2) is 31.1 Å². The Morgan fingerprint density at radius 1 is 1.00 bits per heavy atom.